The number of benzene rings is 1. The molecule has 3 rings (SSSR count). The molecule has 2 nitrogen and oxygen atoms in total. The lowest BCUT2D eigenvalue weighted by Gasteiger charge is -2.13. The fraction of sp³-hybridized carbons (Fsp3) is 0.364. The molecule has 0 aliphatic rings. The van der Waals surface area contributed by atoms with Crippen molar-refractivity contribution in [2.45, 2.75) is 47.5 Å². The molecule has 0 spiro atoms. The van der Waals surface area contributed by atoms with Gasteiger partial charge in [-0.05, 0) is 56.0 Å². The van der Waals surface area contributed by atoms with Gasteiger partial charge in [-0.15, -0.1) is 0 Å². The summed E-state index contributed by atoms with van der Waals surface area (Å²) in [6.07, 6.45) is 0. The van der Waals surface area contributed by atoms with Crippen molar-refractivity contribution in [2.75, 3.05) is 0 Å². The highest BCUT2D eigenvalue weighted by molar-refractivity contribution is 5.92. The van der Waals surface area contributed by atoms with Crippen molar-refractivity contribution in [1.82, 2.24) is 4.98 Å². The molecule has 0 amide bonds. The molecule has 0 aliphatic heterocycles. The molecule has 2 aromatic heterocycles. The Kier molecular flexibility index (Phi) is 3.84. The van der Waals surface area contributed by atoms with Crippen molar-refractivity contribution in [1.29, 1.82) is 0 Å². The molecule has 24 heavy (non-hydrogen) atoms. The smallest absolute Gasteiger partial charge is 0.222 e. The molecule has 0 unspecified atom stereocenters. The van der Waals surface area contributed by atoms with Crippen LogP contribution in [0.15, 0.2) is 30.3 Å². The first-order valence-corrected chi connectivity index (χ1v) is 8.60. The van der Waals surface area contributed by atoms with Crippen molar-refractivity contribution >= 4 is 10.9 Å². The average Bonchev–Trinajstić information content (AvgIpc) is 2.56. The highest BCUT2D eigenvalue weighted by atomic mass is 14.9. The Morgan fingerprint density at radius 3 is 2.46 bits per heavy atom. The maximum atomic E-state index is 8.58. The lowest BCUT2D eigenvalue weighted by atomic mass is 9.95. The van der Waals surface area contributed by atoms with E-state index in [4.69, 9.17) is 6.35 Å². The first-order chi connectivity index (χ1) is 11.7. The number of pyridine rings is 2. The largest absolute Gasteiger partial charge is 0.252 e. The van der Waals surface area contributed by atoms with Crippen LogP contribution in [0.4, 0.5) is 0 Å². The van der Waals surface area contributed by atoms with E-state index in [9.17, 15) is 0 Å². The zero-order chi connectivity index (χ0) is 18.5. The Labute approximate surface area is 146 Å². The van der Waals surface area contributed by atoms with E-state index in [1.807, 2.05) is 6.92 Å². The van der Waals surface area contributed by atoms with Gasteiger partial charge in [0.15, 0.2) is 5.69 Å². The lowest BCUT2D eigenvalue weighted by Crippen LogP contribution is -2.35. The third-order valence-electron chi connectivity index (χ3n) is 4.97. The van der Waals surface area contributed by atoms with E-state index in [1.54, 1.807) is 0 Å². The summed E-state index contributed by atoms with van der Waals surface area (Å²) in [7, 11) is 2.05. The van der Waals surface area contributed by atoms with E-state index >= 15 is 0 Å². The monoisotopic (exact) mass is 320 g/mol. The summed E-state index contributed by atoms with van der Waals surface area (Å²) in [6, 6.07) is 9.23. The first kappa shape index (κ1) is 15.3. The summed E-state index contributed by atoms with van der Waals surface area (Å²) in [4.78, 5) is 4.84. The topological polar surface area (TPSA) is 16.8 Å². The van der Waals surface area contributed by atoms with Gasteiger partial charge in [-0.25, -0.2) is 0 Å². The molecule has 2 heteroatoms. The second-order valence-electron chi connectivity index (χ2n) is 7.16. The van der Waals surface area contributed by atoms with Crippen LogP contribution in [0, 0.1) is 27.7 Å². The van der Waals surface area contributed by atoms with Gasteiger partial charge >= 0.3 is 0 Å². The summed E-state index contributed by atoms with van der Waals surface area (Å²) < 4.78 is 10.7. The number of aromatic nitrogens is 2. The van der Waals surface area contributed by atoms with Crippen LogP contribution in [0.2, 0.25) is 0 Å². The molecule has 0 saturated carbocycles. The van der Waals surface area contributed by atoms with Gasteiger partial charge in [0, 0.05) is 18.7 Å². The van der Waals surface area contributed by atoms with E-state index < -0.39 is 0 Å². The molecule has 0 radical (unpaired) electrons. The van der Waals surface area contributed by atoms with E-state index in [2.05, 4.69) is 70.5 Å². The molecular formula is C22H27N2+. The summed E-state index contributed by atoms with van der Waals surface area (Å²) in [5, 5.41) is 1.05. The van der Waals surface area contributed by atoms with Gasteiger partial charge < -0.3 is 0 Å². The number of fused-ring (bicyclic) bond motifs is 1. The predicted octanol–water partition coefficient (Wildman–Crippen LogP) is 5.08. The third-order valence-corrected chi connectivity index (χ3v) is 4.97. The molecule has 0 N–H and O–H groups in total. The van der Waals surface area contributed by atoms with Crippen LogP contribution in [0.3, 0.4) is 0 Å². The molecule has 0 aliphatic carbocycles. The van der Waals surface area contributed by atoms with Gasteiger partial charge in [-0.1, -0.05) is 25.5 Å². The zero-order valence-corrected chi connectivity index (χ0v) is 15.8. The molecule has 124 valence electrons. The molecule has 3 aromatic rings. The fourth-order valence-corrected chi connectivity index (χ4v) is 3.30. The molecule has 0 saturated heterocycles. The van der Waals surface area contributed by atoms with Crippen molar-refractivity contribution in [3.8, 4) is 11.3 Å². The number of nitrogens with zero attached hydrogens (tertiary/aromatic N) is 2. The zero-order valence-electron chi connectivity index (χ0n) is 16.8. The van der Waals surface area contributed by atoms with Crippen LogP contribution >= 0.6 is 0 Å². The molecule has 1 aromatic carbocycles. The lowest BCUT2D eigenvalue weighted by molar-refractivity contribution is -0.665. The van der Waals surface area contributed by atoms with Crippen LogP contribution in [0.5, 0.6) is 0 Å². The maximum Gasteiger partial charge on any atom is 0.222 e. The Hall–Kier alpha value is -2.22. The predicted molar refractivity (Wildman–Crippen MR) is 101 cm³/mol. The van der Waals surface area contributed by atoms with Gasteiger partial charge in [0.1, 0.15) is 7.05 Å². The summed E-state index contributed by atoms with van der Waals surface area (Å²) >= 11 is 0. The number of hydrogen-bond donors (Lipinski definition) is 0. The third kappa shape index (κ3) is 2.71. The molecule has 2 heterocycles. The summed E-state index contributed by atoms with van der Waals surface area (Å²) in [5.74, 6) is 0.351. The summed E-state index contributed by atoms with van der Waals surface area (Å²) in [5.41, 5.74) is 8.99. The first-order valence-electron chi connectivity index (χ1n) is 9.10. The summed E-state index contributed by atoms with van der Waals surface area (Å²) in [6.45, 7) is 12.8. The Balaban J connectivity index is 2.47. The minimum atomic E-state index is 0.351. The quantitative estimate of drug-likeness (QED) is 0.601. The standard InChI is InChI=1S/C22H27N2/c1-13(2)20-9-8-18-21(23-20)12-16(5)24(7)22(18)19-11-14(3)10-15(4)17(19)6/h8-13H,1-7H3/q+1/i12D. The van der Waals surface area contributed by atoms with E-state index in [0.717, 1.165) is 28.0 Å². The second-order valence-corrected chi connectivity index (χ2v) is 7.16. The maximum absolute atomic E-state index is 8.58. The second kappa shape index (κ2) is 6.01. The van der Waals surface area contributed by atoms with E-state index in [1.165, 1.54) is 22.3 Å². The Bertz CT molecular complexity index is 987. The highest BCUT2D eigenvalue weighted by Gasteiger charge is 2.21. The van der Waals surface area contributed by atoms with Crippen molar-refractivity contribution in [2.24, 2.45) is 7.05 Å². The molecule has 0 bridgehead atoms. The average molecular weight is 320 g/mol. The van der Waals surface area contributed by atoms with Gasteiger partial charge in [-0.2, -0.15) is 4.57 Å². The van der Waals surface area contributed by atoms with Crippen LogP contribution in [0.25, 0.3) is 22.2 Å². The number of aryl methyl sites for hydroxylation is 2. The minimum absolute atomic E-state index is 0.351. The van der Waals surface area contributed by atoms with E-state index in [-0.39, 0.29) is 0 Å². The van der Waals surface area contributed by atoms with Gasteiger partial charge in [-0.3, -0.25) is 4.98 Å². The highest BCUT2D eigenvalue weighted by Crippen LogP contribution is 2.31. The molecule has 0 fully saturated rings. The normalized spacial score (nSPS) is 12.1. The molecule has 0 atom stereocenters. The van der Waals surface area contributed by atoms with Crippen molar-refractivity contribution < 1.29 is 5.94 Å². The van der Waals surface area contributed by atoms with E-state index in [0.29, 0.717) is 12.0 Å². The number of hydrogen-bond acceptors (Lipinski definition) is 1. The van der Waals surface area contributed by atoms with Gasteiger partial charge in [0.05, 0.1) is 17.8 Å². The van der Waals surface area contributed by atoms with Crippen LogP contribution in [0.1, 0.15) is 49.2 Å². The Morgan fingerprint density at radius 1 is 1.08 bits per heavy atom. The van der Waals surface area contributed by atoms with Crippen molar-refractivity contribution in [3.05, 3.63) is 58.4 Å². The van der Waals surface area contributed by atoms with Crippen LogP contribution in [-0.4, -0.2) is 4.98 Å². The van der Waals surface area contributed by atoms with Crippen LogP contribution < -0.4 is 4.57 Å². The van der Waals surface area contributed by atoms with Gasteiger partial charge in [0.25, 0.3) is 0 Å². The van der Waals surface area contributed by atoms with Gasteiger partial charge in [0.2, 0.25) is 5.69 Å². The van der Waals surface area contributed by atoms with Crippen molar-refractivity contribution in [3.63, 3.8) is 0 Å². The molecular weight excluding hydrogens is 292 g/mol. The minimum Gasteiger partial charge on any atom is -0.252 e. The number of rotatable bonds is 2. The SMILES string of the molecule is [2H]c1c(C)[n+](C)c(-c2cc(C)cc(C)c2C)c2ccc(C(C)C)nc12. The fourth-order valence-electron chi connectivity index (χ4n) is 3.30. The van der Waals surface area contributed by atoms with Crippen LogP contribution in [-0.2, 0) is 7.05 Å². The Morgan fingerprint density at radius 2 is 1.79 bits per heavy atom.